The van der Waals surface area contributed by atoms with Gasteiger partial charge in [0.15, 0.2) is 5.78 Å². The first kappa shape index (κ1) is 14.0. The Morgan fingerprint density at radius 3 is 2.39 bits per heavy atom. The third kappa shape index (κ3) is 3.75. The van der Waals surface area contributed by atoms with Gasteiger partial charge in [-0.2, -0.15) is 0 Å². The Morgan fingerprint density at radius 1 is 1.00 bits per heavy atom. The lowest BCUT2D eigenvalue weighted by molar-refractivity contribution is 0.104. The normalized spacial score (nSPS) is 10.0. The molecule has 0 fully saturated rings. The SMILES string of the molecule is Cl.Nc1cccc(/C=C/C(=O)c2ccccc2)c1. The van der Waals surface area contributed by atoms with Crippen LogP contribution in [0.5, 0.6) is 0 Å². The Kier molecular flexibility index (Phi) is 5.15. The number of halogens is 1. The van der Waals surface area contributed by atoms with Crippen LogP contribution in [0.2, 0.25) is 0 Å². The number of carbonyl (C=O) groups excluding carboxylic acids is 1. The van der Waals surface area contributed by atoms with Gasteiger partial charge in [-0.15, -0.1) is 12.4 Å². The molecular formula is C15H14ClNO. The maximum atomic E-state index is 11.8. The van der Waals surface area contributed by atoms with Crippen molar-refractivity contribution in [1.29, 1.82) is 0 Å². The highest BCUT2D eigenvalue weighted by Crippen LogP contribution is 2.09. The van der Waals surface area contributed by atoms with Crippen molar-refractivity contribution in [3.63, 3.8) is 0 Å². The van der Waals surface area contributed by atoms with E-state index in [1.54, 1.807) is 24.3 Å². The van der Waals surface area contributed by atoms with Gasteiger partial charge < -0.3 is 5.73 Å². The summed E-state index contributed by atoms with van der Waals surface area (Å²) in [6, 6.07) is 16.6. The van der Waals surface area contributed by atoms with E-state index in [1.807, 2.05) is 42.5 Å². The number of nitrogens with two attached hydrogens (primary N) is 1. The van der Waals surface area contributed by atoms with Crippen LogP contribution in [-0.2, 0) is 0 Å². The second-order valence-corrected chi connectivity index (χ2v) is 3.73. The first-order chi connectivity index (χ1) is 8.25. The second-order valence-electron chi connectivity index (χ2n) is 3.73. The number of benzene rings is 2. The molecular weight excluding hydrogens is 246 g/mol. The van der Waals surface area contributed by atoms with Crippen molar-refractivity contribution < 1.29 is 4.79 Å². The average Bonchev–Trinajstić information content (AvgIpc) is 2.37. The van der Waals surface area contributed by atoms with Crippen molar-refractivity contribution in [3.8, 4) is 0 Å². The van der Waals surface area contributed by atoms with Gasteiger partial charge in [0.05, 0.1) is 0 Å². The van der Waals surface area contributed by atoms with E-state index < -0.39 is 0 Å². The van der Waals surface area contributed by atoms with Crippen LogP contribution in [0.1, 0.15) is 15.9 Å². The Morgan fingerprint density at radius 2 is 1.72 bits per heavy atom. The van der Waals surface area contributed by atoms with Crippen LogP contribution in [-0.4, -0.2) is 5.78 Å². The Hall–Kier alpha value is -2.06. The van der Waals surface area contributed by atoms with Gasteiger partial charge in [-0.05, 0) is 23.8 Å². The van der Waals surface area contributed by atoms with Crippen molar-refractivity contribution >= 4 is 30.0 Å². The molecule has 0 aliphatic rings. The zero-order valence-electron chi connectivity index (χ0n) is 9.74. The van der Waals surface area contributed by atoms with E-state index in [0.717, 1.165) is 5.56 Å². The van der Waals surface area contributed by atoms with Gasteiger partial charge in [0, 0.05) is 11.3 Å². The first-order valence-corrected chi connectivity index (χ1v) is 5.39. The maximum Gasteiger partial charge on any atom is 0.185 e. The standard InChI is InChI=1S/C15H13NO.ClH/c16-14-8-4-5-12(11-14)9-10-15(17)13-6-2-1-3-7-13;/h1-11H,16H2;1H/b10-9+;. The van der Waals surface area contributed by atoms with E-state index in [9.17, 15) is 4.79 Å². The number of allylic oxidation sites excluding steroid dienone is 1. The molecule has 92 valence electrons. The van der Waals surface area contributed by atoms with Crippen molar-refractivity contribution in [2.45, 2.75) is 0 Å². The minimum Gasteiger partial charge on any atom is -0.399 e. The number of anilines is 1. The third-order valence-corrected chi connectivity index (χ3v) is 2.40. The fraction of sp³-hybridized carbons (Fsp3) is 0. The minimum absolute atomic E-state index is 0. The summed E-state index contributed by atoms with van der Waals surface area (Å²) in [5.74, 6) is -0.00646. The number of carbonyl (C=O) groups is 1. The van der Waals surface area contributed by atoms with E-state index in [-0.39, 0.29) is 18.2 Å². The first-order valence-electron chi connectivity index (χ1n) is 5.39. The third-order valence-electron chi connectivity index (χ3n) is 2.40. The molecule has 0 aliphatic heterocycles. The molecule has 18 heavy (non-hydrogen) atoms. The Bertz CT molecular complexity index is 549. The summed E-state index contributed by atoms with van der Waals surface area (Å²) in [6.45, 7) is 0. The number of hydrogen-bond donors (Lipinski definition) is 1. The molecule has 3 heteroatoms. The fourth-order valence-electron chi connectivity index (χ4n) is 1.53. The molecule has 2 aromatic carbocycles. The van der Waals surface area contributed by atoms with E-state index >= 15 is 0 Å². The molecule has 0 radical (unpaired) electrons. The molecule has 0 atom stereocenters. The molecule has 0 bridgehead atoms. The van der Waals surface area contributed by atoms with Crippen LogP contribution < -0.4 is 5.73 Å². The molecule has 0 unspecified atom stereocenters. The quantitative estimate of drug-likeness (QED) is 0.520. The van der Waals surface area contributed by atoms with Crippen molar-refractivity contribution in [3.05, 3.63) is 71.8 Å². The van der Waals surface area contributed by atoms with Gasteiger partial charge in [-0.25, -0.2) is 0 Å². The van der Waals surface area contributed by atoms with Crippen molar-refractivity contribution in [2.24, 2.45) is 0 Å². The second kappa shape index (κ2) is 6.62. The lowest BCUT2D eigenvalue weighted by Gasteiger charge is -1.96. The monoisotopic (exact) mass is 259 g/mol. The largest absolute Gasteiger partial charge is 0.399 e. The smallest absolute Gasteiger partial charge is 0.185 e. The molecule has 2 N–H and O–H groups in total. The topological polar surface area (TPSA) is 43.1 Å². The van der Waals surface area contributed by atoms with Crippen LogP contribution in [0.15, 0.2) is 60.7 Å². The van der Waals surface area contributed by atoms with E-state index in [0.29, 0.717) is 11.3 Å². The number of rotatable bonds is 3. The van der Waals surface area contributed by atoms with Gasteiger partial charge in [-0.3, -0.25) is 4.79 Å². The molecule has 0 aromatic heterocycles. The van der Waals surface area contributed by atoms with Crippen LogP contribution in [0.3, 0.4) is 0 Å². The fourth-order valence-corrected chi connectivity index (χ4v) is 1.53. The molecule has 0 amide bonds. The Balaban J connectivity index is 0.00000162. The summed E-state index contributed by atoms with van der Waals surface area (Å²) >= 11 is 0. The highest BCUT2D eigenvalue weighted by Gasteiger charge is 1.99. The number of ketones is 1. The summed E-state index contributed by atoms with van der Waals surface area (Å²) in [5, 5.41) is 0. The van der Waals surface area contributed by atoms with Crippen molar-refractivity contribution in [2.75, 3.05) is 5.73 Å². The van der Waals surface area contributed by atoms with Gasteiger partial charge in [-0.1, -0.05) is 48.5 Å². The molecule has 0 heterocycles. The summed E-state index contributed by atoms with van der Waals surface area (Å²) in [6.07, 6.45) is 3.33. The van der Waals surface area contributed by atoms with Crippen LogP contribution in [0.4, 0.5) is 5.69 Å². The van der Waals surface area contributed by atoms with Gasteiger partial charge in [0.1, 0.15) is 0 Å². The predicted molar refractivity (Wildman–Crippen MR) is 77.9 cm³/mol. The van der Waals surface area contributed by atoms with Gasteiger partial charge in [0.25, 0.3) is 0 Å². The molecule has 0 saturated carbocycles. The molecule has 2 nitrogen and oxygen atoms in total. The van der Waals surface area contributed by atoms with Crippen LogP contribution in [0.25, 0.3) is 6.08 Å². The van der Waals surface area contributed by atoms with E-state index in [4.69, 9.17) is 5.73 Å². The highest BCUT2D eigenvalue weighted by atomic mass is 35.5. The summed E-state index contributed by atoms with van der Waals surface area (Å²) in [4.78, 5) is 11.8. The predicted octanol–water partition coefficient (Wildman–Crippen LogP) is 3.59. The van der Waals surface area contributed by atoms with Crippen LogP contribution >= 0.6 is 12.4 Å². The average molecular weight is 260 g/mol. The van der Waals surface area contributed by atoms with E-state index in [1.165, 1.54) is 0 Å². The van der Waals surface area contributed by atoms with Crippen LogP contribution in [0, 0.1) is 0 Å². The molecule has 0 aliphatic carbocycles. The maximum absolute atomic E-state index is 11.8. The van der Waals surface area contributed by atoms with E-state index in [2.05, 4.69) is 0 Å². The minimum atomic E-state index is -0.00646. The summed E-state index contributed by atoms with van der Waals surface area (Å²) in [5.41, 5.74) is 7.96. The lowest BCUT2D eigenvalue weighted by atomic mass is 10.1. The Labute approximate surface area is 113 Å². The molecule has 0 saturated heterocycles. The zero-order chi connectivity index (χ0) is 12.1. The molecule has 0 spiro atoms. The number of hydrogen-bond acceptors (Lipinski definition) is 2. The highest BCUT2D eigenvalue weighted by molar-refractivity contribution is 6.06. The summed E-state index contributed by atoms with van der Waals surface area (Å²) < 4.78 is 0. The van der Waals surface area contributed by atoms with Gasteiger partial charge >= 0.3 is 0 Å². The number of nitrogen functional groups attached to an aromatic ring is 1. The molecule has 2 aromatic rings. The lowest BCUT2D eigenvalue weighted by Crippen LogP contribution is -1.92. The van der Waals surface area contributed by atoms with Gasteiger partial charge in [0.2, 0.25) is 0 Å². The zero-order valence-corrected chi connectivity index (χ0v) is 10.6. The summed E-state index contributed by atoms with van der Waals surface area (Å²) in [7, 11) is 0. The van der Waals surface area contributed by atoms with Crippen molar-refractivity contribution in [1.82, 2.24) is 0 Å². The molecule has 2 rings (SSSR count).